The van der Waals surface area contributed by atoms with E-state index >= 15 is 0 Å². The number of benzene rings is 2. The molecule has 0 heterocycles. The molecule has 2 unspecified atom stereocenters. The molecule has 2 aromatic rings. The van der Waals surface area contributed by atoms with Crippen LogP contribution in [0.15, 0.2) is 36.4 Å². The zero-order valence-corrected chi connectivity index (χ0v) is 25.7. The lowest BCUT2D eigenvalue weighted by atomic mass is 9.97. The minimum atomic E-state index is -1.13. The van der Waals surface area contributed by atoms with Crippen molar-refractivity contribution < 1.29 is 23.9 Å². The molecule has 0 spiro atoms. The van der Waals surface area contributed by atoms with Gasteiger partial charge in [-0.2, -0.15) is 0 Å². The summed E-state index contributed by atoms with van der Waals surface area (Å²) in [7, 11) is 0. The lowest BCUT2D eigenvalue weighted by molar-refractivity contribution is -0.141. The Labute approximate surface area is 244 Å². The van der Waals surface area contributed by atoms with Gasteiger partial charge in [0.15, 0.2) is 0 Å². The van der Waals surface area contributed by atoms with Crippen molar-refractivity contribution in [3.63, 3.8) is 0 Å². The Morgan fingerprint density at radius 2 is 1.56 bits per heavy atom. The summed E-state index contributed by atoms with van der Waals surface area (Å²) in [4.78, 5) is 54.3. The molecule has 0 aromatic heterocycles. The fourth-order valence-electron chi connectivity index (χ4n) is 4.73. The van der Waals surface area contributed by atoms with Gasteiger partial charge >= 0.3 is 6.09 Å². The molecule has 0 aliphatic heterocycles. The van der Waals surface area contributed by atoms with Crippen LogP contribution < -0.4 is 16.4 Å². The SMILES string of the molecule is CCCCN(C(=O)C(CCC(N)=O)NC(=O)OC(C)(C)C)C(C(=O)Nc1c(C)cccc1C)c1cc(C)cc(C)c1. The van der Waals surface area contributed by atoms with Gasteiger partial charge in [-0.1, -0.05) is 60.9 Å². The third kappa shape index (κ3) is 10.2. The van der Waals surface area contributed by atoms with Crippen LogP contribution in [-0.2, 0) is 19.1 Å². The zero-order valence-electron chi connectivity index (χ0n) is 25.7. The highest BCUT2D eigenvalue weighted by Crippen LogP contribution is 2.29. The molecule has 0 bridgehead atoms. The van der Waals surface area contributed by atoms with E-state index in [4.69, 9.17) is 10.5 Å². The Balaban J connectivity index is 2.62. The quantitative estimate of drug-likeness (QED) is 0.317. The third-order valence-corrected chi connectivity index (χ3v) is 6.55. The lowest BCUT2D eigenvalue weighted by Gasteiger charge is -2.35. The van der Waals surface area contributed by atoms with Gasteiger partial charge in [0.2, 0.25) is 11.8 Å². The lowest BCUT2D eigenvalue weighted by Crippen LogP contribution is -2.53. The summed E-state index contributed by atoms with van der Waals surface area (Å²) in [6, 6.07) is 9.42. The average Bonchev–Trinajstić information content (AvgIpc) is 2.84. The van der Waals surface area contributed by atoms with Crippen molar-refractivity contribution >= 4 is 29.5 Å². The molecular formula is C32H46N4O5. The van der Waals surface area contributed by atoms with Gasteiger partial charge in [-0.05, 0) is 78.0 Å². The van der Waals surface area contributed by atoms with Gasteiger partial charge in [-0.15, -0.1) is 0 Å². The standard InChI is InChI=1S/C32H46N4O5/c1-9-10-16-36(30(39)25(14-15-26(33)37)34-31(40)41-32(6,7)8)28(24-18-20(2)17-21(3)19-24)29(38)35-27-22(4)12-11-13-23(27)5/h11-13,17-19,25,28H,9-10,14-16H2,1-8H3,(H2,33,37)(H,34,40)(H,35,38). The number of amides is 4. The van der Waals surface area contributed by atoms with Crippen LogP contribution in [0.5, 0.6) is 0 Å². The van der Waals surface area contributed by atoms with E-state index in [0.717, 1.165) is 28.7 Å². The smallest absolute Gasteiger partial charge is 0.408 e. The second-order valence-electron chi connectivity index (χ2n) is 11.7. The van der Waals surface area contributed by atoms with Crippen LogP contribution >= 0.6 is 0 Å². The number of carbonyl (C=O) groups excluding carboxylic acids is 4. The highest BCUT2D eigenvalue weighted by molar-refractivity contribution is 6.00. The summed E-state index contributed by atoms with van der Waals surface area (Å²) in [6.07, 6.45) is 0.440. The maximum Gasteiger partial charge on any atom is 0.408 e. The Morgan fingerprint density at radius 3 is 2.07 bits per heavy atom. The number of alkyl carbamates (subject to hydrolysis) is 1. The van der Waals surface area contributed by atoms with Gasteiger partial charge in [0.05, 0.1) is 0 Å². The van der Waals surface area contributed by atoms with Crippen molar-refractivity contribution in [3.8, 4) is 0 Å². The summed E-state index contributed by atoms with van der Waals surface area (Å²) in [6.45, 7) is 15.1. The van der Waals surface area contributed by atoms with Crippen molar-refractivity contribution in [1.29, 1.82) is 0 Å². The van der Waals surface area contributed by atoms with Gasteiger partial charge in [-0.3, -0.25) is 14.4 Å². The first kappa shape index (κ1) is 33.3. The fourth-order valence-corrected chi connectivity index (χ4v) is 4.73. The summed E-state index contributed by atoms with van der Waals surface area (Å²) < 4.78 is 5.40. The molecule has 0 fully saturated rings. The molecule has 2 atom stereocenters. The molecule has 2 rings (SSSR count). The van der Waals surface area contributed by atoms with E-state index < -0.39 is 35.6 Å². The molecule has 0 aliphatic rings. The molecule has 9 nitrogen and oxygen atoms in total. The van der Waals surface area contributed by atoms with E-state index in [-0.39, 0.29) is 25.3 Å². The first-order valence-electron chi connectivity index (χ1n) is 14.2. The number of hydrogen-bond acceptors (Lipinski definition) is 5. The van der Waals surface area contributed by atoms with Crippen LogP contribution in [0.3, 0.4) is 0 Å². The number of ether oxygens (including phenoxy) is 1. The van der Waals surface area contributed by atoms with Crippen LogP contribution in [0.1, 0.15) is 87.2 Å². The van der Waals surface area contributed by atoms with Crippen LogP contribution in [0.4, 0.5) is 10.5 Å². The van der Waals surface area contributed by atoms with Crippen molar-refractivity contribution in [1.82, 2.24) is 10.2 Å². The molecular weight excluding hydrogens is 520 g/mol. The number of carbonyl (C=O) groups is 4. The van der Waals surface area contributed by atoms with E-state index in [9.17, 15) is 19.2 Å². The van der Waals surface area contributed by atoms with Gasteiger partial charge in [0.1, 0.15) is 17.7 Å². The van der Waals surface area contributed by atoms with Gasteiger partial charge < -0.3 is 26.0 Å². The van der Waals surface area contributed by atoms with E-state index in [2.05, 4.69) is 10.6 Å². The zero-order chi connectivity index (χ0) is 30.9. The molecule has 4 amide bonds. The molecule has 4 N–H and O–H groups in total. The molecule has 224 valence electrons. The van der Waals surface area contributed by atoms with Crippen LogP contribution in [0.25, 0.3) is 0 Å². The monoisotopic (exact) mass is 566 g/mol. The average molecular weight is 567 g/mol. The summed E-state index contributed by atoms with van der Waals surface area (Å²) >= 11 is 0. The predicted octanol–water partition coefficient (Wildman–Crippen LogP) is 5.39. The summed E-state index contributed by atoms with van der Waals surface area (Å²) in [5, 5.41) is 5.70. The second-order valence-corrected chi connectivity index (χ2v) is 11.7. The number of hydrogen-bond donors (Lipinski definition) is 3. The van der Waals surface area contributed by atoms with E-state index in [1.165, 1.54) is 4.90 Å². The van der Waals surface area contributed by atoms with E-state index in [0.29, 0.717) is 17.7 Å². The number of primary amides is 1. The Bertz CT molecular complexity index is 1210. The normalized spacial score (nSPS) is 12.7. The molecule has 0 aliphatic carbocycles. The molecule has 0 saturated heterocycles. The number of nitrogens with one attached hydrogen (secondary N) is 2. The highest BCUT2D eigenvalue weighted by Gasteiger charge is 2.36. The minimum Gasteiger partial charge on any atom is -0.444 e. The Kier molecular flexibility index (Phi) is 11.9. The first-order valence-corrected chi connectivity index (χ1v) is 14.2. The molecule has 2 aromatic carbocycles. The van der Waals surface area contributed by atoms with Crippen molar-refractivity contribution in [2.24, 2.45) is 5.73 Å². The fraction of sp³-hybridized carbons (Fsp3) is 0.500. The molecule has 0 saturated carbocycles. The van der Waals surface area contributed by atoms with Crippen molar-refractivity contribution in [2.45, 2.75) is 98.8 Å². The summed E-state index contributed by atoms with van der Waals surface area (Å²) in [5.41, 5.74) is 9.64. The van der Waals surface area contributed by atoms with Gasteiger partial charge in [-0.25, -0.2) is 4.79 Å². The Morgan fingerprint density at radius 1 is 0.976 bits per heavy atom. The molecule has 0 radical (unpaired) electrons. The maximum atomic E-state index is 14.3. The van der Waals surface area contributed by atoms with Crippen LogP contribution in [0.2, 0.25) is 0 Å². The van der Waals surface area contributed by atoms with Gasteiger partial charge in [0.25, 0.3) is 5.91 Å². The van der Waals surface area contributed by atoms with Crippen molar-refractivity contribution in [2.75, 3.05) is 11.9 Å². The number of rotatable bonds is 12. The van der Waals surface area contributed by atoms with Crippen molar-refractivity contribution in [3.05, 3.63) is 64.2 Å². The number of aryl methyl sites for hydroxylation is 4. The predicted molar refractivity (Wildman–Crippen MR) is 161 cm³/mol. The molecule has 9 heteroatoms. The highest BCUT2D eigenvalue weighted by atomic mass is 16.6. The molecule has 41 heavy (non-hydrogen) atoms. The van der Waals surface area contributed by atoms with Gasteiger partial charge in [0, 0.05) is 18.7 Å². The Hall–Kier alpha value is -3.88. The number of unbranched alkanes of at least 4 members (excludes halogenated alkanes) is 1. The first-order chi connectivity index (χ1) is 19.1. The topological polar surface area (TPSA) is 131 Å². The summed E-state index contributed by atoms with van der Waals surface area (Å²) in [5.74, 6) is -1.47. The number of nitrogens with zero attached hydrogens (tertiary/aromatic N) is 1. The van der Waals surface area contributed by atoms with Crippen LogP contribution in [-0.4, -0.2) is 46.9 Å². The van der Waals surface area contributed by atoms with E-state index in [1.807, 2.05) is 71.0 Å². The minimum absolute atomic E-state index is 0.0336. The van der Waals surface area contributed by atoms with E-state index in [1.54, 1.807) is 20.8 Å². The van der Waals surface area contributed by atoms with Crippen LogP contribution in [0, 0.1) is 27.7 Å². The maximum absolute atomic E-state index is 14.3. The second kappa shape index (κ2) is 14.7. The largest absolute Gasteiger partial charge is 0.444 e. The number of para-hydroxylation sites is 1. The number of anilines is 1. The number of nitrogens with two attached hydrogens (primary N) is 1. The third-order valence-electron chi connectivity index (χ3n) is 6.55.